The van der Waals surface area contributed by atoms with Gasteiger partial charge in [-0.15, -0.1) is 0 Å². The minimum absolute atomic E-state index is 0.400. The van der Waals surface area contributed by atoms with Crippen LogP contribution in [0, 0.1) is 0 Å². The number of benzene rings is 1. The molecule has 1 heterocycles. The molecule has 1 amide bonds. The molecule has 108 valence electrons. The van der Waals surface area contributed by atoms with Crippen molar-refractivity contribution in [1.82, 2.24) is 10.6 Å². The number of rotatable bonds is 3. The van der Waals surface area contributed by atoms with Crippen LogP contribution in [0.1, 0.15) is 31.9 Å². The summed E-state index contributed by atoms with van der Waals surface area (Å²) in [5, 5.41) is 5.97. The van der Waals surface area contributed by atoms with E-state index in [1.165, 1.54) is 0 Å². The zero-order chi connectivity index (χ0) is 14.6. The number of amides is 1. The molecule has 2 rings (SSSR count). The third kappa shape index (κ3) is 4.26. The minimum atomic E-state index is -0.472. The summed E-state index contributed by atoms with van der Waals surface area (Å²) in [6.07, 6.45) is -0.400. The molecule has 1 aromatic carbocycles. The highest BCUT2D eigenvalue weighted by Gasteiger charge is 2.15. The third-order valence-electron chi connectivity index (χ3n) is 2.74. The number of ether oxygens (including phenoxy) is 1. The maximum absolute atomic E-state index is 11.5. The van der Waals surface area contributed by atoms with Gasteiger partial charge in [-0.2, -0.15) is 0 Å². The monoisotopic (exact) mass is 275 g/mol. The van der Waals surface area contributed by atoms with Gasteiger partial charge < -0.3 is 15.4 Å². The van der Waals surface area contributed by atoms with Crippen LogP contribution in [0.3, 0.4) is 0 Å². The van der Waals surface area contributed by atoms with E-state index in [1.54, 1.807) is 0 Å². The first kappa shape index (κ1) is 14.4. The van der Waals surface area contributed by atoms with Crippen molar-refractivity contribution < 1.29 is 9.53 Å². The Hall–Kier alpha value is -2.04. The molecule has 0 fully saturated rings. The highest BCUT2D eigenvalue weighted by molar-refractivity contribution is 5.99. The molecule has 0 aromatic heterocycles. The maximum Gasteiger partial charge on any atom is 0.407 e. The average Bonchev–Trinajstić information content (AvgIpc) is 2.89. The molecule has 0 aliphatic carbocycles. The molecule has 20 heavy (non-hydrogen) atoms. The van der Waals surface area contributed by atoms with Crippen LogP contribution in [0.4, 0.5) is 4.79 Å². The average molecular weight is 275 g/mol. The van der Waals surface area contributed by atoms with Gasteiger partial charge in [0, 0.05) is 18.7 Å². The van der Waals surface area contributed by atoms with Crippen LogP contribution in [0.2, 0.25) is 0 Å². The van der Waals surface area contributed by atoms with Crippen LogP contribution in [0.15, 0.2) is 29.3 Å². The molecule has 1 aliphatic rings. The Bertz CT molecular complexity index is 501. The second kappa shape index (κ2) is 5.94. The molecular formula is C15H21N3O2. The number of carbonyl (C=O) groups is 1. The molecule has 1 aromatic rings. The molecule has 0 radical (unpaired) electrons. The van der Waals surface area contributed by atoms with Crippen molar-refractivity contribution in [3.63, 3.8) is 0 Å². The molecular weight excluding hydrogens is 254 g/mol. The van der Waals surface area contributed by atoms with Crippen molar-refractivity contribution in [3.05, 3.63) is 35.4 Å². The van der Waals surface area contributed by atoms with E-state index in [2.05, 4.69) is 15.6 Å². The van der Waals surface area contributed by atoms with E-state index in [0.29, 0.717) is 6.54 Å². The summed E-state index contributed by atoms with van der Waals surface area (Å²) < 4.78 is 5.19. The van der Waals surface area contributed by atoms with Crippen molar-refractivity contribution in [2.24, 2.45) is 4.99 Å². The third-order valence-corrected chi connectivity index (χ3v) is 2.74. The fourth-order valence-electron chi connectivity index (χ4n) is 1.86. The zero-order valence-corrected chi connectivity index (χ0v) is 12.2. The molecule has 0 atom stereocenters. The summed E-state index contributed by atoms with van der Waals surface area (Å²) in [4.78, 5) is 15.9. The van der Waals surface area contributed by atoms with E-state index in [0.717, 1.165) is 30.1 Å². The van der Waals surface area contributed by atoms with Crippen molar-refractivity contribution in [3.8, 4) is 0 Å². The van der Waals surface area contributed by atoms with Gasteiger partial charge >= 0.3 is 6.09 Å². The fraction of sp³-hybridized carbons (Fsp3) is 0.467. The molecule has 0 unspecified atom stereocenters. The van der Waals surface area contributed by atoms with E-state index in [4.69, 9.17) is 4.74 Å². The van der Waals surface area contributed by atoms with E-state index in [9.17, 15) is 4.79 Å². The normalized spacial score (nSPS) is 14.4. The van der Waals surface area contributed by atoms with Gasteiger partial charge in [-0.05, 0) is 26.3 Å². The number of nitrogens with zero attached hydrogens (tertiary/aromatic N) is 1. The van der Waals surface area contributed by atoms with E-state index >= 15 is 0 Å². The number of amidine groups is 1. The molecule has 0 bridgehead atoms. The van der Waals surface area contributed by atoms with Crippen molar-refractivity contribution in [1.29, 1.82) is 0 Å². The first-order valence-corrected chi connectivity index (χ1v) is 6.78. The molecule has 0 saturated heterocycles. The van der Waals surface area contributed by atoms with Crippen molar-refractivity contribution >= 4 is 11.9 Å². The summed E-state index contributed by atoms with van der Waals surface area (Å²) in [6.45, 7) is 7.72. The summed E-state index contributed by atoms with van der Waals surface area (Å²) >= 11 is 0. The Morgan fingerprint density at radius 3 is 2.60 bits per heavy atom. The SMILES string of the molecule is CC(C)(C)OC(=O)NCc1ccc(C2=NCCN2)cc1. The minimum Gasteiger partial charge on any atom is -0.444 e. The number of hydrogen-bond donors (Lipinski definition) is 2. The quantitative estimate of drug-likeness (QED) is 0.887. The Morgan fingerprint density at radius 2 is 2.05 bits per heavy atom. The molecule has 2 N–H and O–H groups in total. The second-order valence-electron chi connectivity index (χ2n) is 5.71. The predicted molar refractivity (Wildman–Crippen MR) is 78.9 cm³/mol. The van der Waals surface area contributed by atoms with Gasteiger partial charge in [-0.1, -0.05) is 24.3 Å². The first-order chi connectivity index (χ1) is 9.44. The van der Waals surface area contributed by atoms with Gasteiger partial charge in [0.1, 0.15) is 11.4 Å². The molecule has 5 heteroatoms. The Labute approximate surface area is 119 Å². The van der Waals surface area contributed by atoms with Gasteiger partial charge in [-0.25, -0.2) is 4.79 Å². The highest BCUT2D eigenvalue weighted by Crippen LogP contribution is 2.09. The number of nitrogens with one attached hydrogen (secondary N) is 2. The number of aliphatic imine (C=N–C) groups is 1. The lowest BCUT2D eigenvalue weighted by Crippen LogP contribution is -2.32. The molecule has 5 nitrogen and oxygen atoms in total. The van der Waals surface area contributed by atoms with Crippen LogP contribution in [0.25, 0.3) is 0 Å². The lowest BCUT2D eigenvalue weighted by molar-refractivity contribution is 0.0523. The van der Waals surface area contributed by atoms with E-state index in [1.807, 2.05) is 45.0 Å². The summed E-state index contributed by atoms with van der Waals surface area (Å²) in [5.74, 6) is 0.941. The van der Waals surface area contributed by atoms with Crippen LogP contribution in [-0.4, -0.2) is 30.6 Å². The molecule has 0 saturated carbocycles. The van der Waals surface area contributed by atoms with E-state index < -0.39 is 11.7 Å². The smallest absolute Gasteiger partial charge is 0.407 e. The van der Waals surface area contributed by atoms with Crippen LogP contribution >= 0.6 is 0 Å². The standard InChI is InChI=1S/C15H21N3O2/c1-15(2,3)20-14(19)18-10-11-4-6-12(7-5-11)13-16-8-9-17-13/h4-7H,8-10H2,1-3H3,(H,16,17)(H,18,19). The van der Waals surface area contributed by atoms with Crippen molar-refractivity contribution in [2.45, 2.75) is 32.9 Å². The van der Waals surface area contributed by atoms with Gasteiger partial charge in [0.2, 0.25) is 0 Å². The predicted octanol–water partition coefficient (Wildman–Crippen LogP) is 2.06. The molecule has 1 aliphatic heterocycles. The second-order valence-corrected chi connectivity index (χ2v) is 5.71. The highest BCUT2D eigenvalue weighted by atomic mass is 16.6. The van der Waals surface area contributed by atoms with Gasteiger partial charge in [-0.3, -0.25) is 4.99 Å². The fourth-order valence-corrected chi connectivity index (χ4v) is 1.86. The summed E-state index contributed by atoms with van der Waals surface area (Å²) in [7, 11) is 0. The van der Waals surface area contributed by atoms with Crippen LogP contribution in [-0.2, 0) is 11.3 Å². The van der Waals surface area contributed by atoms with Crippen LogP contribution in [0.5, 0.6) is 0 Å². The van der Waals surface area contributed by atoms with Gasteiger partial charge in [0.15, 0.2) is 0 Å². The van der Waals surface area contributed by atoms with Gasteiger partial charge in [0.05, 0.1) is 6.54 Å². The van der Waals surface area contributed by atoms with Crippen molar-refractivity contribution in [2.75, 3.05) is 13.1 Å². The summed E-state index contributed by atoms with van der Waals surface area (Å²) in [6, 6.07) is 7.97. The summed E-state index contributed by atoms with van der Waals surface area (Å²) in [5.41, 5.74) is 1.63. The lowest BCUT2D eigenvalue weighted by Gasteiger charge is -2.19. The van der Waals surface area contributed by atoms with E-state index in [-0.39, 0.29) is 0 Å². The number of carbonyl (C=O) groups excluding carboxylic acids is 1. The zero-order valence-electron chi connectivity index (χ0n) is 12.2. The maximum atomic E-state index is 11.5. The number of alkyl carbamates (subject to hydrolysis) is 1. The Balaban J connectivity index is 1.86. The van der Waals surface area contributed by atoms with Crippen LogP contribution < -0.4 is 10.6 Å². The Kier molecular flexibility index (Phi) is 4.27. The topological polar surface area (TPSA) is 62.7 Å². The lowest BCUT2D eigenvalue weighted by atomic mass is 10.1. The Morgan fingerprint density at radius 1 is 1.35 bits per heavy atom. The molecule has 0 spiro atoms. The van der Waals surface area contributed by atoms with Gasteiger partial charge in [0.25, 0.3) is 0 Å². The largest absolute Gasteiger partial charge is 0.444 e. The first-order valence-electron chi connectivity index (χ1n) is 6.78. The number of hydrogen-bond acceptors (Lipinski definition) is 4.